The molecule has 1 heterocycles. The van der Waals surface area contributed by atoms with Gasteiger partial charge in [-0.2, -0.15) is 0 Å². The minimum atomic E-state index is -2.05. The maximum Gasteiger partial charge on any atom is 1.00 e. The first-order chi connectivity index (χ1) is 6.02. The molecule has 0 bridgehead atoms. The Hall–Kier alpha value is 0.260. The fourth-order valence-corrected chi connectivity index (χ4v) is 1.34. The maximum absolute atomic E-state index is 10.8. The van der Waals surface area contributed by atoms with Crippen molar-refractivity contribution < 1.29 is 38.3 Å². The van der Waals surface area contributed by atoms with Gasteiger partial charge in [-0.05, 0) is 49.0 Å². The van der Waals surface area contributed by atoms with E-state index in [1.54, 1.807) is 26.2 Å². The summed E-state index contributed by atoms with van der Waals surface area (Å²) >= 11 is -2.05. The summed E-state index contributed by atoms with van der Waals surface area (Å²) in [5.74, 6) is 0. The Balaban J connectivity index is 0.00000169. The second kappa shape index (κ2) is 5.98. The molecule has 3 nitrogen and oxygen atoms in total. The van der Waals surface area contributed by atoms with Crippen LogP contribution in [-0.4, -0.2) is 18.5 Å². The van der Waals surface area contributed by atoms with Crippen molar-refractivity contribution >= 4 is 11.1 Å². The monoisotopic (exact) mass is 221 g/mol. The molecule has 14 heavy (non-hydrogen) atoms. The molecule has 0 amide bonds. The van der Waals surface area contributed by atoms with E-state index in [0.29, 0.717) is 6.42 Å². The molecule has 0 aliphatic rings. The minimum Gasteiger partial charge on any atom is -0.772 e. The molecular weight excluding hydrogens is 209 g/mol. The first-order valence-corrected chi connectivity index (χ1v) is 5.08. The van der Waals surface area contributed by atoms with Crippen LogP contribution in [0.3, 0.4) is 0 Å². The van der Waals surface area contributed by atoms with Crippen LogP contribution >= 0.6 is 0 Å². The van der Waals surface area contributed by atoms with Gasteiger partial charge < -0.3 is 4.55 Å². The van der Waals surface area contributed by atoms with Crippen LogP contribution in [0.15, 0.2) is 24.5 Å². The van der Waals surface area contributed by atoms with Crippen LogP contribution in [0.1, 0.15) is 19.4 Å². The summed E-state index contributed by atoms with van der Waals surface area (Å²) in [4.78, 5) is 3.87. The van der Waals surface area contributed by atoms with Crippen molar-refractivity contribution in [3.05, 3.63) is 30.1 Å². The Morgan fingerprint density at radius 3 is 2.36 bits per heavy atom. The van der Waals surface area contributed by atoms with Gasteiger partial charge in [0.25, 0.3) is 0 Å². The summed E-state index contributed by atoms with van der Waals surface area (Å²) in [6.07, 6.45) is 3.85. The Morgan fingerprint density at radius 1 is 1.43 bits per heavy atom. The Labute approximate surface area is 109 Å². The van der Waals surface area contributed by atoms with E-state index in [2.05, 4.69) is 4.98 Å². The van der Waals surface area contributed by atoms with Crippen molar-refractivity contribution in [1.82, 2.24) is 4.98 Å². The normalized spacial score (nSPS) is 13.1. The van der Waals surface area contributed by atoms with Gasteiger partial charge in [0, 0.05) is 17.1 Å². The number of hydrogen-bond donors (Lipinski definition) is 0. The minimum absolute atomic E-state index is 0. The van der Waals surface area contributed by atoms with Crippen molar-refractivity contribution in [3.63, 3.8) is 0 Å². The number of pyridine rings is 1. The van der Waals surface area contributed by atoms with Gasteiger partial charge in [-0.1, -0.05) is 0 Å². The van der Waals surface area contributed by atoms with E-state index in [4.69, 9.17) is 0 Å². The van der Waals surface area contributed by atoms with Crippen molar-refractivity contribution in [3.8, 4) is 0 Å². The van der Waals surface area contributed by atoms with Gasteiger partial charge in [-0.3, -0.25) is 9.19 Å². The average molecular weight is 221 g/mol. The zero-order valence-corrected chi connectivity index (χ0v) is 11.5. The quantitative estimate of drug-likeness (QED) is 0.451. The number of aromatic nitrogens is 1. The molecule has 0 spiro atoms. The van der Waals surface area contributed by atoms with E-state index in [9.17, 15) is 8.76 Å². The third-order valence-corrected chi connectivity index (χ3v) is 2.88. The zero-order valence-electron chi connectivity index (χ0n) is 8.69. The second-order valence-electron chi connectivity index (χ2n) is 3.53. The summed E-state index contributed by atoms with van der Waals surface area (Å²) in [7, 11) is 0. The van der Waals surface area contributed by atoms with Gasteiger partial charge in [0.2, 0.25) is 0 Å². The van der Waals surface area contributed by atoms with Crippen LogP contribution in [0.5, 0.6) is 0 Å². The Bertz CT molecular complexity index is 303. The van der Waals surface area contributed by atoms with Gasteiger partial charge in [0.1, 0.15) is 0 Å². The van der Waals surface area contributed by atoms with Crippen molar-refractivity contribution in [2.24, 2.45) is 0 Å². The number of nitrogens with zero attached hydrogens (tertiary/aromatic N) is 1. The molecular formula is C9H12NNaO2S. The first kappa shape index (κ1) is 14.3. The van der Waals surface area contributed by atoms with E-state index in [0.717, 1.165) is 5.56 Å². The van der Waals surface area contributed by atoms with E-state index in [1.165, 1.54) is 0 Å². The summed E-state index contributed by atoms with van der Waals surface area (Å²) in [6, 6.07) is 3.66. The molecule has 1 rings (SSSR count). The predicted molar refractivity (Wildman–Crippen MR) is 50.9 cm³/mol. The van der Waals surface area contributed by atoms with E-state index < -0.39 is 15.8 Å². The smallest absolute Gasteiger partial charge is 0.772 e. The zero-order chi connectivity index (χ0) is 9.90. The van der Waals surface area contributed by atoms with Crippen molar-refractivity contribution in [2.45, 2.75) is 25.0 Å². The maximum atomic E-state index is 10.8. The molecule has 0 aliphatic carbocycles. The molecule has 1 aromatic rings. The van der Waals surface area contributed by atoms with Crippen LogP contribution in [0.2, 0.25) is 0 Å². The largest absolute Gasteiger partial charge is 1.00 e. The molecule has 1 aromatic heterocycles. The fourth-order valence-electron chi connectivity index (χ4n) is 1.05. The molecule has 5 heteroatoms. The molecule has 1 unspecified atom stereocenters. The molecule has 0 aliphatic heterocycles. The van der Waals surface area contributed by atoms with Gasteiger partial charge in [-0.25, -0.2) is 0 Å². The van der Waals surface area contributed by atoms with Crippen LogP contribution in [0, 0.1) is 0 Å². The van der Waals surface area contributed by atoms with Gasteiger partial charge >= 0.3 is 29.6 Å². The molecule has 0 aromatic carbocycles. The SMILES string of the molecule is CC(C)(Cc1ccncc1)S(=O)[O-].[Na+]. The molecule has 1 atom stereocenters. The molecule has 0 fully saturated rings. The Morgan fingerprint density at radius 2 is 1.93 bits per heavy atom. The third kappa shape index (κ3) is 4.19. The second-order valence-corrected chi connectivity index (χ2v) is 5.10. The van der Waals surface area contributed by atoms with E-state index >= 15 is 0 Å². The van der Waals surface area contributed by atoms with Crippen LogP contribution < -0.4 is 29.6 Å². The number of hydrogen-bond acceptors (Lipinski definition) is 3. The summed E-state index contributed by atoms with van der Waals surface area (Å²) in [5, 5.41) is 0. The molecule has 72 valence electrons. The van der Waals surface area contributed by atoms with E-state index in [-0.39, 0.29) is 29.6 Å². The van der Waals surface area contributed by atoms with Crippen LogP contribution in [-0.2, 0) is 17.5 Å². The van der Waals surface area contributed by atoms with Crippen molar-refractivity contribution in [2.75, 3.05) is 0 Å². The average Bonchev–Trinajstić information content (AvgIpc) is 2.05. The summed E-state index contributed by atoms with van der Waals surface area (Å²) in [6.45, 7) is 3.41. The third-order valence-electron chi connectivity index (χ3n) is 1.83. The molecule has 0 saturated carbocycles. The van der Waals surface area contributed by atoms with Gasteiger partial charge in [-0.15, -0.1) is 0 Å². The fraction of sp³-hybridized carbons (Fsp3) is 0.444. The summed E-state index contributed by atoms with van der Waals surface area (Å²) < 4.78 is 20.9. The molecule has 0 radical (unpaired) electrons. The van der Waals surface area contributed by atoms with Crippen LogP contribution in [0.4, 0.5) is 0 Å². The van der Waals surface area contributed by atoms with Crippen LogP contribution in [0.25, 0.3) is 0 Å². The molecule has 0 N–H and O–H groups in total. The Kier molecular flexibility index (Phi) is 6.09. The molecule has 0 saturated heterocycles. The van der Waals surface area contributed by atoms with Gasteiger partial charge in [0.05, 0.1) is 0 Å². The summed E-state index contributed by atoms with van der Waals surface area (Å²) in [5.41, 5.74) is 0.990. The number of rotatable bonds is 3. The van der Waals surface area contributed by atoms with E-state index in [1.807, 2.05) is 12.1 Å². The standard InChI is InChI=1S/C9H13NO2S.Na/c1-9(2,13(11)12)7-8-3-5-10-6-4-8;/h3-6H,7H2,1-2H3,(H,11,12);/q;+1/p-1. The van der Waals surface area contributed by atoms with Crippen molar-refractivity contribution in [1.29, 1.82) is 0 Å². The topological polar surface area (TPSA) is 53.0 Å². The van der Waals surface area contributed by atoms with Gasteiger partial charge in [0.15, 0.2) is 0 Å². The first-order valence-electron chi connectivity index (χ1n) is 4.00. The predicted octanol–water partition coefficient (Wildman–Crippen LogP) is -1.71.